The zero-order chi connectivity index (χ0) is 21.8. The maximum Gasteiger partial charge on any atom is 0.223 e. The number of aliphatic imine (C=N–C) groups is 1. The van der Waals surface area contributed by atoms with Crippen LogP contribution in [0.15, 0.2) is 60.0 Å². The van der Waals surface area contributed by atoms with Crippen LogP contribution in [0.3, 0.4) is 0 Å². The Balaban J connectivity index is 1.18. The van der Waals surface area contributed by atoms with Gasteiger partial charge in [0.25, 0.3) is 0 Å². The third-order valence-electron chi connectivity index (χ3n) is 5.76. The predicted molar refractivity (Wildman–Crippen MR) is 128 cm³/mol. The largest absolute Gasteiger partial charge is 0.354 e. The van der Waals surface area contributed by atoms with E-state index in [9.17, 15) is 0 Å². The van der Waals surface area contributed by atoms with Gasteiger partial charge in [-0.1, -0.05) is 18.2 Å². The van der Waals surface area contributed by atoms with E-state index in [2.05, 4.69) is 47.6 Å². The van der Waals surface area contributed by atoms with Crippen molar-refractivity contribution in [2.75, 3.05) is 36.4 Å². The molecule has 1 aliphatic carbocycles. The first kappa shape index (κ1) is 20.3. The van der Waals surface area contributed by atoms with Crippen molar-refractivity contribution >= 4 is 28.8 Å². The average molecular weight is 427 g/mol. The topological polar surface area (TPSA) is 102 Å². The quantitative estimate of drug-likeness (QED) is 0.589. The molecule has 8 heteroatoms. The van der Waals surface area contributed by atoms with E-state index in [1.807, 2.05) is 30.6 Å². The minimum atomic E-state index is 0.457. The molecule has 0 aromatic carbocycles. The smallest absolute Gasteiger partial charge is 0.223 e. The van der Waals surface area contributed by atoms with Crippen molar-refractivity contribution < 1.29 is 0 Å². The monoisotopic (exact) mass is 426 g/mol. The molecule has 4 heterocycles. The van der Waals surface area contributed by atoms with Gasteiger partial charge in [0, 0.05) is 81.0 Å². The van der Waals surface area contributed by atoms with Gasteiger partial charge in [0.15, 0.2) is 0 Å². The zero-order valence-corrected chi connectivity index (χ0v) is 17.9. The van der Waals surface area contributed by atoms with Crippen molar-refractivity contribution in [3.8, 4) is 0 Å². The fraction of sp³-hybridized carbons (Fsp3) is 0.292. The summed E-state index contributed by atoms with van der Waals surface area (Å²) in [5.74, 6) is 1.62. The average Bonchev–Trinajstić information content (AvgIpc) is 3.52. The van der Waals surface area contributed by atoms with E-state index in [1.165, 1.54) is 0 Å². The molecule has 0 bridgehead atoms. The van der Waals surface area contributed by atoms with Crippen LogP contribution in [0.4, 0.5) is 11.8 Å². The van der Waals surface area contributed by atoms with Gasteiger partial charge >= 0.3 is 0 Å². The van der Waals surface area contributed by atoms with Crippen LogP contribution in [0.5, 0.6) is 0 Å². The lowest BCUT2D eigenvalue weighted by Crippen LogP contribution is -2.43. The van der Waals surface area contributed by atoms with E-state index in [0.29, 0.717) is 24.6 Å². The summed E-state index contributed by atoms with van der Waals surface area (Å²) in [6, 6.07) is 4.18. The Morgan fingerprint density at radius 2 is 2.06 bits per heavy atom. The van der Waals surface area contributed by atoms with E-state index < -0.39 is 0 Å². The molecule has 0 amide bonds. The Morgan fingerprint density at radius 1 is 1.16 bits per heavy atom. The highest BCUT2D eigenvalue weighted by Gasteiger charge is 2.19. The van der Waals surface area contributed by atoms with Gasteiger partial charge in [0.05, 0.1) is 11.4 Å². The molecule has 0 spiro atoms. The second-order valence-corrected chi connectivity index (χ2v) is 7.95. The zero-order valence-electron chi connectivity index (χ0n) is 17.9. The van der Waals surface area contributed by atoms with Crippen molar-refractivity contribution in [2.24, 2.45) is 4.99 Å². The second kappa shape index (κ2) is 9.23. The molecule has 0 radical (unpaired) electrons. The molecule has 2 aromatic heterocycles. The SMILES string of the molecule is N=C(/C=C\C1=NC=CC1)C1=CCc2nc(NCc3ccc(N4CCNCC4)nc3)ncc21. The van der Waals surface area contributed by atoms with Crippen molar-refractivity contribution in [1.82, 2.24) is 20.3 Å². The fourth-order valence-electron chi connectivity index (χ4n) is 3.98. The van der Waals surface area contributed by atoms with Gasteiger partial charge in [-0.25, -0.2) is 15.0 Å². The summed E-state index contributed by atoms with van der Waals surface area (Å²) in [6.45, 7) is 4.59. The first-order valence-corrected chi connectivity index (χ1v) is 11.0. The Morgan fingerprint density at radius 3 is 2.84 bits per heavy atom. The maximum absolute atomic E-state index is 8.40. The normalized spacial score (nSPS) is 17.4. The van der Waals surface area contributed by atoms with Crippen molar-refractivity contribution in [2.45, 2.75) is 19.4 Å². The lowest BCUT2D eigenvalue weighted by Gasteiger charge is -2.28. The van der Waals surface area contributed by atoms with Gasteiger partial charge in [0.1, 0.15) is 5.82 Å². The highest BCUT2D eigenvalue weighted by atomic mass is 15.2. The number of nitrogens with one attached hydrogen (secondary N) is 3. The van der Waals surface area contributed by atoms with E-state index in [-0.39, 0.29) is 0 Å². The Kier molecular flexibility index (Phi) is 5.85. The molecule has 2 aromatic rings. The van der Waals surface area contributed by atoms with Gasteiger partial charge in [-0.3, -0.25) is 4.99 Å². The molecule has 1 saturated heterocycles. The molecule has 0 unspecified atom stereocenters. The molecule has 2 aliphatic heterocycles. The van der Waals surface area contributed by atoms with Crippen molar-refractivity contribution in [1.29, 1.82) is 5.41 Å². The number of hydrogen-bond acceptors (Lipinski definition) is 8. The number of aromatic nitrogens is 3. The van der Waals surface area contributed by atoms with Crippen LogP contribution >= 0.6 is 0 Å². The van der Waals surface area contributed by atoms with Crippen LogP contribution in [0.2, 0.25) is 0 Å². The second-order valence-electron chi connectivity index (χ2n) is 7.95. The first-order valence-electron chi connectivity index (χ1n) is 11.0. The number of hydrogen-bond donors (Lipinski definition) is 3. The molecular formula is C24H26N8. The van der Waals surface area contributed by atoms with Crippen LogP contribution < -0.4 is 15.5 Å². The highest BCUT2D eigenvalue weighted by molar-refractivity contribution is 6.29. The highest BCUT2D eigenvalue weighted by Crippen LogP contribution is 2.27. The summed E-state index contributed by atoms with van der Waals surface area (Å²) in [7, 11) is 0. The van der Waals surface area contributed by atoms with Gasteiger partial charge < -0.3 is 20.9 Å². The molecule has 0 saturated carbocycles. The molecule has 32 heavy (non-hydrogen) atoms. The number of fused-ring (bicyclic) bond motifs is 1. The summed E-state index contributed by atoms with van der Waals surface area (Å²) in [4.78, 5) is 20.3. The number of rotatable bonds is 7. The summed E-state index contributed by atoms with van der Waals surface area (Å²) in [5, 5.41) is 15.1. The van der Waals surface area contributed by atoms with Gasteiger partial charge in [-0.2, -0.15) is 0 Å². The molecule has 3 aliphatic rings. The third kappa shape index (κ3) is 4.50. The molecule has 0 atom stereocenters. The van der Waals surface area contributed by atoms with E-state index in [0.717, 1.165) is 66.5 Å². The van der Waals surface area contributed by atoms with Crippen LogP contribution in [0.1, 0.15) is 23.2 Å². The molecule has 1 fully saturated rings. The Hall–Kier alpha value is -3.65. The van der Waals surface area contributed by atoms with Crippen LogP contribution in [0.25, 0.3) is 5.57 Å². The van der Waals surface area contributed by atoms with Crippen LogP contribution in [0, 0.1) is 5.41 Å². The van der Waals surface area contributed by atoms with E-state index in [1.54, 1.807) is 12.3 Å². The molecular weight excluding hydrogens is 400 g/mol. The van der Waals surface area contributed by atoms with Crippen molar-refractivity contribution in [3.63, 3.8) is 0 Å². The standard InChI is InChI=1S/C24H26N8/c25-21(6-4-18-2-1-9-27-18)19-5-7-22-20(19)16-30-24(31-22)29-15-17-3-8-23(28-14-17)32-12-10-26-11-13-32/h1,3-6,8-9,14,16,25-26H,2,7,10-13,15H2,(H,29,30,31)/b6-4-,25-21?. The lowest BCUT2D eigenvalue weighted by molar-refractivity contribution is 0.585. The predicted octanol–water partition coefficient (Wildman–Crippen LogP) is 2.77. The summed E-state index contributed by atoms with van der Waals surface area (Å²) in [5.41, 5.74) is 5.27. The number of allylic oxidation sites excluding steroid dienone is 5. The Bertz CT molecular complexity index is 1120. The minimum Gasteiger partial charge on any atom is -0.354 e. The lowest BCUT2D eigenvalue weighted by atomic mass is 10.1. The number of piperazine rings is 1. The fourth-order valence-corrected chi connectivity index (χ4v) is 3.98. The molecule has 3 N–H and O–H groups in total. The maximum atomic E-state index is 8.40. The molecule has 8 nitrogen and oxygen atoms in total. The van der Waals surface area contributed by atoms with Gasteiger partial charge in [-0.05, 0) is 23.8 Å². The minimum absolute atomic E-state index is 0.457. The van der Waals surface area contributed by atoms with Gasteiger partial charge in [-0.15, -0.1) is 0 Å². The summed E-state index contributed by atoms with van der Waals surface area (Å²) >= 11 is 0. The molecule has 162 valence electrons. The number of anilines is 2. The number of nitrogens with zero attached hydrogens (tertiary/aromatic N) is 5. The Labute approximate surface area is 187 Å². The van der Waals surface area contributed by atoms with E-state index >= 15 is 0 Å². The van der Waals surface area contributed by atoms with E-state index in [4.69, 9.17) is 5.41 Å². The molecule has 5 rings (SSSR count). The summed E-state index contributed by atoms with van der Waals surface area (Å²) in [6.07, 6.45) is 14.8. The van der Waals surface area contributed by atoms with Crippen molar-refractivity contribution in [3.05, 3.63) is 71.9 Å². The van der Waals surface area contributed by atoms with Crippen LogP contribution in [-0.4, -0.2) is 52.6 Å². The van der Waals surface area contributed by atoms with Gasteiger partial charge in [0.2, 0.25) is 5.95 Å². The summed E-state index contributed by atoms with van der Waals surface area (Å²) < 4.78 is 0. The third-order valence-corrected chi connectivity index (χ3v) is 5.76. The number of pyridine rings is 1. The van der Waals surface area contributed by atoms with Crippen LogP contribution in [-0.2, 0) is 13.0 Å². The first-order chi connectivity index (χ1) is 15.8.